The first-order valence-electron chi connectivity index (χ1n) is 7.75. The van der Waals surface area contributed by atoms with Crippen LogP contribution in [0.25, 0.3) is 10.2 Å². The van der Waals surface area contributed by atoms with E-state index in [1.807, 2.05) is 27.7 Å². The Kier molecular flexibility index (Phi) is 6.17. The minimum atomic E-state index is -0.462. The maximum Gasteiger partial charge on any atom is 0.321 e. The van der Waals surface area contributed by atoms with Crippen LogP contribution in [0.2, 0.25) is 0 Å². The molecule has 2 N–H and O–H groups in total. The van der Waals surface area contributed by atoms with Crippen LogP contribution in [-0.4, -0.2) is 33.7 Å². The van der Waals surface area contributed by atoms with Gasteiger partial charge in [-0.25, -0.2) is 14.8 Å². The molecule has 0 aliphatic heterocycles. The Bertz CT molecular complexity index is 758. The molecule has 0 saturated carbocycles. The minimum absolute atomic E-state index is 0.330. The summed E-state index contributed by atoms with van der Waals surface area (Å²) in [5, 5.41) is 6.37. The number of nitrogens with one attached hydrogen (secondary N) is 2. The number of hydrogen-bond acceptors (Lipinski definition) is 6. The quantitative estimate of drug-likeness (QED) is 0.627. The lowest BCUT2D eigenvalue weighted by Gasteiger charge is -2.13. The first-order valence-corrected chi connectivity index (χ1v) is 9.45. The second-order valence-electron chi connectivity index (χ2n) is 6.00. The third-order valence-electron chi connectivity index (χ3n) is 3.50. The van der Waals surface area contributed by atoms with E-state index in [1.165, 1.54) is 23.0 Å². The highest BCUT2D eigenvalue weighted by atomic mass is 32.2. The third-order valence-corrected chi connectivity index (χ3v) is 5.71. The zero-order valence-corrected chi connectivity index (χ0v) is 16.1. The average molecular weight is 367 g/mol. The van der Waals surface area contributed by atoms with Crippen LogP contribution < -0.4 is 10.6 Å². The van der Waals surface area contributed by atoms with Gasteiger partial charge in [-0.3, -0.25) is 10.1 Å². The fourth-order valence-corrected chi connectivity index (χ4v) is 4.05. The summed E-state index contributed by atoms with van der Waals surface area (Å²) in [6, 6.07) is -0.462. The topological polar surface area (TPSA) is 84.0 Å². The summed E-state index contributed by atoms with van der Waals surface area (Å²) in [5.41, 5.74) is 1.14. The molecular formula is C16H22N4O2S2. The molecule has 0 aliphatic rings. The van der Waals surface area contributed by atoms with Crippen molar-refractivity contribution < 1.29 is 9.59 Å². The van der Waals surface area contributed by atoms with E-state index in [1.54, 1.807) is 18.3 Å². The Labute approximate surface area is 149 Å². The average Bonchev–Trinajstić information content (AvgIpc) is 2.81. The van der Waals surface area contributed by atoms with Crippen LogP contribution in [0.15, 0.2) is 11.4 Å². The molecule has 3 amide bonds. The van der Waals surface area contributed by atoms with Crippen LogP contribution in [0.4, 0.5) is 4.79 Å². The number of thiophene rings is 1. The van der Waals surface area contributed by atoms with Crippen molar-refractivity contribution in [2.45, 2.75) is 44.9 Å². The molecule has 0 fully saturated rings. The molecule has 2 aromatic rings. The molecule has 0 unspecified atom stereocenters. The van der Waals surface area contributed by atoms with Crippen molar-refractivity contribution in [1.82, 2.24) is 20.6 Å². The van der Waals surface area contributed by atoms with Crippen molar-refractivity contribution in [1.29, 1.82) is 0 Å². The van der Waals surface area contributed by atoms with Crippen molar-refractivity contribution in [3.8, 4) is 0 Å². The lowest BCUT2D eigenvalue weighted by atomic mass is 10.2. The van der Waals surface area contributed by atoms with E-state index in [4.69, 9.17) is 0 Å². The molecule has 0 radical (unpaired) electrons. The van der Waals surface area contributed by atoms with E-state index in [0.29, 0.717) is 12.5 Å². The number of amides is 3. The number of urea groups is 1. The van der Waals surface area contributed by atoms with Gasteiger partial charge in [-0.1, -0.05) is 25.6 Å². The van der Waals surface area contributed by atoms with Crippen molar-refractivity contribution in [2.75, 3.05) is 6.54 Å². The lowest BCUT2D eigenvalue weighted by molar-refractivity contribution is -0.119. The maximum atomic E-state index is 12.2. The zero-order chi connectivity index (χ0) is 17.9. The number of aryl methyl sites for hydroxylation is 2. The van der Waals surface area contributed by atoms with Gasteiger partial charge in [0.15, 0.2) is 0 Å². The van der Waals surface area contributed by atoms with Gasteiger partial charge in [0.1, 0.15) is 16.2 Å². The number of thioether (sulfide) groups is 1. The van der Waals surface area contributed by atoms with E-state index in [2.05, 4.69) is 20.6 Å². The van der Waals surface area contributed by atoms with Crippen molar-refractivity contribution in [3.63, 3.8) is 0 Å². The van der Waals surface area contributed by atoms with Crippen LogP contribution in [-0.2, 0) is 4.79 Å². The predicted octanol–water partition coefficient (Wildman–Crippen LogP) is 3.27. The standard InChI is InChI=1S/C16H22N4O2S2/c1-8(2)6-17-16(22)20-13(21)11(5)24-15-12-9(3)10(4)23-14(12)18-7-19-15/h7-8,11H,6H2,1-5H3,(H2,17,20,21,22)/t11-/m1/s1. The van der Waals surface area contributed by atoms with Crippen LogP contribution in [0, 0.1) is 19.8 Å². The Morgan fingerprint density at radius 1 is 1.25 bits per heavy atom. The summed E-state index contributed by atoms with van der Waals surface area (Å²) in [5.74, 6) is -0.00520. The summed E-state index contributed by atoms with van der Waals surface area (Å²) in [4.78, 5) is 34.6. The van der Waals surface area contributed by atoms with E-state index < -0.39 is 11.3 Å². The number of carbonyl (C=O) groups is 2. The summed E-state index contributed by atoms with van der Waals surface area (Å²) in [6.07, 6.45) is 1.51. The number of aromatic nitrogens is 2. The number of carbonyl (C=O) groups excluding carboxylic acids is 2. The summed E-state index contributed by atoms with van der Waals surface area (Å²) in [6.45, 7) is 10.4. The van der Waals surface area contributed by atoms with Crippen LogP contribution in [0.3, 0.4) is 0 Å². The number of fused-ring (bicyclic) bond motifs is 1. The molecule has 0 bridgehead atoms. The molecule has 6 nitrogen and oxygen atoms in total. The van der Waals surface area contributed by atoms with Gasteiger partial charge >= 0.3 is 6.03 Å². The molecule has 2 aromatic heterocycles. The monoisotopic (exact) mass is 366 g/mol. The predicted molar refractivity (Wildman–Crippen MR) is 98.6 cm³/mol. The number of nitrogens with zero attached hydrogens (tertiary/aromatic N) is 2. The number of imide groups is 1. The molecule has 2 heterocycles. The van der Waals surface area contributed by atoms with Gasteiger partial charge in [0.25, 0.3) is 0 Å². The van der Waals surface area contributed by atoms with E-state index in [0.717, 1.165) is 20.8 Å². The van der Waals surface area contributed by atoms with Gasteiger partial charge in [-0.15, -0.1) is 11.3 Å². The highest BCUT2D eigenvalue weighted by Gasteiger charge is 2.20. The lowest BCUT2D eigenvalue weighted by Crippen LogP contribution is -2.43. The van der Waals surface area contributed by atoms with Gasteiger partial charge in [0.2, 0.25) is 5.91 Å². The molecule has 0 spiro atoms. The van der Waals surface area contributed by atoms with Gasteiger partial charge in [-0.2, -0.15) is 0 Å². The molecule has 2 rings (SSSR count). The molecule has 0 saturated heterocycles. The Morgan fingerprint density at radius 3 is 2.62 bits per heavy atom. The maximum absolute atomic E-state index is 12.2. The highest BCUT2D eigenvalue weighted by Crippen LogP contribution is 2.35. The fourth-order valence-electron chi connectivity index (χ4n) is 2.01. The second kappa shape index (κ2) is 7.94. The van der Waals surface area contributed by atoms with E-state index >= 15 is 0 Å². The van der Waals surface area contributed by atoms with Crippen LogP contribution in [0.5, 0.6) is 0 Å². The van der Waals surface area contributed by atoms with Crippen molar-refractivity contribution >= 4 is 45.3 Å². The van der Waals surface area contributed by atoms with Gasteiger partial charge < -0.3 is 5.32 Å². The Morgan fingerprint density at radius 2 is 1.96 bits per heavy atom. The van der Waals surface area contributed by atoms with Gasteiger partial charge in [0, 0.05) is 16.8 Å². The van der Waals surface area contributed by atoms with Crippen molar-refractivity contribution in [2.24, 2.45) is 5.92 Å². The first kappa shape index (κ1) is 18.7. The zero-order valence-electron chi connectivity index (χ0n) is 14.5. The largest absolute Gasteiger partial charge is 0.338 e. The van der Waals surface area contributed by atoms with E-state index in [9.17, 15) is 9.59 Å². The summed E-state index contributed by atoms with van der Waals surface area (Å²) in [7, 11) is 0. The summed E-state index contributed by atoms with van der Waals surface area (Å²) >= 11 is 2.96. The van der Waals surface area contributed by atoms with Gasteiger partial charge in [-0.05, 0) is 32.3 Å². The summed E-state index contributed by atoms with van der Waals surface area (Å²) < 4.78 is 0. The van der Waals surface area contributed by atoms with Crippen molar-refractivity contribution in [3.05, 3.63) is 16.8 Å². The van der Waals surface area contributed by atoms with Crippen LogP contribution >= 0.6 is 23.1 Å². The second-order valence-corrected chi connectivity index (χ2v) is 8.53. The molecule has 0 aliphatic carbocycles. The molecule has 130 valence electrons. The molecule has 0 aromatic carbocycles. The molecule has 24 heavy (non-hydrogen) atoms. The number of rotatable bonds is 5. The van der Waals surface area contributed by atoms with Crippen LogP contribution in [0.1, 0.15) is 31.2 Å². The first-order chi connectivity index (χ1) is 11.3. The smallest absolute Gasteiger partial charge is 0.321 e. The SMILES string of the molecule is Cc1sc2ncnc(S[C@H](C)C(=O)NC(=O)NCC(C)C)c2c1C. The highest BCUT2D eigenvalue weighted by molar-refractivity contribution is 8.00. The molecule has 8 heteroatoms. The third kappa shape index (κ3) is 4.45. The normalized spacial score (nSPS) is 12.4. The number of hydrogen-bond donors (Lipinski definition) is 2. The minimum Gasteiger partial charge on any atom is -0.338 e. The Hall–Kier alpha value is -1.67. The van der Waals surface area contributed by atoms with Gasteiger partial charge in [0.05, 0.1) is 5.25 Å². The van der Waals surface area contributed by atoms with E-state index in [-0.39, 0.29) is 5.91 Å². The molecular weight excluding hydrogens is 344 g/mol. The Balaban J connectivity index is 2.05. The molecule has 1 atom stereocenters. The fraction of sp³-hybridized carbons (Fsp3) is 0.500.